The van der Waals surface area contributed by atoms with Crippen LogP contribution in [0.15, 0.2) is 72.8 Å². The first-order valence-electron chi connectivity index (χ1n) is 6.92. The van der Waals surface area contributed by atoms with Crippen LogP contribution in [0.5, 0.6) is 17.4 Å². The van der Waals surface area contributed by atoms with Gasteiger partial charge in [0.25, 0.3) is 0 Å². The highest BCUT2D eigenvalue weighted by atomic mass is 16.7. The number of carbonyl (C=O) groups is 1. The lowest BCUT2D eigenvalue weighted by molar-refractivity contribution is 0.142. The number of hydrogen-bond acceptors (Lipinski definition) is 4. The fraction of sp³-hybridized carbons (Fsp3) is 0. The maximum atomic E-state index is 10.6. The second-order valence-corrected chi connectivity index (χ2v) is 4.67. The van der Waals surface area contributed by atoms with Gasteiger partial charge in [0, 0.05) is 11.6 Å². The van der Waals surface area contributed by atoms with E-state index >= 15 is 0 Å². The molecule has 0 atom stereocenters. The maximum absolute atomic E-state index is 10.6. The minimum Gasteiger partial charge on any atom is -0.457 e. The first-order valence-corrected chi connectivity index (χ1v) is 6.92. The molecule has 0 amide bonds. The largest absolute Gasteiger partial charge is 0.512 e. The molecule has 5 heteroatoms. The summed E-state index contributed by atoms with van der Waals surface area (Å²) in [5.74, 6) is 1.51. The summed E-state index contributed by atoms with van der Waals surface area (Å²) in [7, 11) is 0. The molecule has 0 aliphatic carbocycles. The highest BCUT2D eigenvalue weighted by molar-refractivity contribution is 5.63. The molecule has 3 rings (SSSR count). The number of carboxylic acid groups (broad SMARTS) is 1. The van der Waals surface area contributed by atoms with Crippen LogP contribution in [0.25, 0.3) is 11.3 Å². The Hall–Kier alpha value is -3.34. The van der Waals surface area contributed by atoms with E-state index in [4.69, 9.17) is 9.84 Å². The molecule has 23 heavy (non-hydrogen) atoms. The zero-order chi connectivity index (χ0) is 16.1. The number of nitrogens with zero attached hydrogens (tertiary/aromatic N) is 1. The van der Waals surface area contributed by atoms with Crippen molar-refractivity contribution in [3.05, 3.63) is 72.8 Å². The summed E-state index contributed by atoms with van der Waals surface area (Å²) in [4.78, 5) is 14.7. The summed E-state index contributed by atoms with van der Waals surface area (Å²) in [5, 5.41) is 8.63. The Morgan fingerprint density at radius 2 is 1.52 bits per heavy atom. The van der Waals surface area contributed by atoms with E-state index < -0.39 is 6.16 Å². The van der Waals surface area contributed by atoms with Gasteiger partial charge < -0.3 is 14.6 Å². The van der Waals surface area contributed by atoms with Crippen molar-refractivity contribution in [3.8, 4) is 28.6 Å². The summed E-state index contributed by atoms with van der Waals surface area (Å²) in [6.07, 6.45) is -1.39. The minimum atomic E-state index is -1.39. The summed E-state index contributed by atoms with van der Waals surface area (Å²) in [6, 6.07) is 21.8. The quantitative estimate of drug-likeness (QED) is 0.713. The van der Waals surface area contributed by atoms with Gasteiger partial charge in [0.15, 0.2) is 0 Å². The van der Waals surface area contributed by atoms with Gasteiger partial charge >= 0.3 is 6.16 Å². The van der Waals surface area contributed by atoms with E-state index in [-0.39, 0.29) is 5.88 Å². The third-order valence-corrected chi connectivity index (χ3v) is 3.04. The second kappa shape index (κ2) is 6.62. The van der Waals surface area contributed by atoms with Crippen molar-refractivity contribution >= 4 is 6.16 Å². The molecular formula is C18H13NO4. The van der Waals surface area contributed by atoms with Crippen LogP contribution in [0.1, 0.15) is 0 Å². The Morgan fingerprint density at radius 1 is 0.826 bits per heavy atom. The number of aromatic nitrogens is 1. The van der Waals surface area contributed by atoms with E-state index in [2.05, 4.69) is 9.72 Å². The van der Waals surface area contributed by atoms with Crippen molar-refractivity contribution in [1.82, 2.24) is 4.98 Å². The predicted molar refractivity (Wildman–Crippen MR) is 84.8 cm³/mol. The van der Waals surface area contributed by atoms with Crippen LogP contribution in [0, 0.1) is 0 Å². The van der Waals surface area contributed by atoms with Gasteiger partial charge in [0.2, 0.25) is 5.88 Å². The Kier molecular flexibility index (Phi) is 4.20. The average molecular weight is 307 g/mol. The van der Waals surface area contributed by atoms with Gasteiger partial charge in [-0.2, -0.15) is 0 Å². The Bertz CT molecular complexity index is 801. The lowest BCUT2D eigenvalue weighted by Gasteiger charge is -2.07. The zero-order valence-electron chi connectivity index (χ0n) is 12.0. The molecule has 0 fully saturated rings. The molecule has 0 aliphatic rings. The molecule has 0 aliphatic heterocycles. The van der Waals surface area contributed by atoms with Crippen molar-refractivity contribution in [3.63, 3.8) is 0 Å². The molecule has 2 aromatic carbocycles. The minimum absolute atomic E-state index is 0.0413. The smallest absolute Gasteiger partial charge is 0.457 e. The van der Waals surface area contributed by atoms with Crippen LogP contribution >= 0.6 is 0 Å². The molecule has 1 heterocycles. The van der Waals surface area contributed by atoms with E-state index in [0.717, 1.165) is 11.3 Å². The maximum Gasteiger partial charge on any atom is 0.512 e. The van der Waals surface area contributed by atoms with Crippen LogP contribution in [-0.2, 0) is 0 Å². The van der Waals surface area contributed by atoms with Crippen LogP contribution < -0.4 is 9.47 Å². The van der Waals surface area contributed by atoms with Crippen LogP contribution in [0.4, 0.5) is 4.79 Å². The monoisotopic (exact) mass is 307 g/mol. The second-order valence-electron chi connectivity index (χ2n) is 4.67. The van der Waals surface area contributed by atoms with Crippen molar-refractivity contribution in [2.75, 3.05) is 0 Å². The highest BCUT2D eigenvalue weighted by Gasteiger charge is 2.06. The number of ether oxygens (including phenoxy) is 2. The van der Waals surface area contributed by atoms with Crippen molar-refractivity contribution in [2.45, 2.75) is 0 Å². The normalized spacial score (nSPS) is 10.1. The van der Waals surface area contributed by atoms with E-state index in [1.807, 2.05) is 54.6 Å². The van der Waals surface area contributed by atoms with Gasteiger partial charge in [-0.25, -0.2) is 9.78 Å². The number of pyridine rings is 1. The van der Waals surface area contributed by atoms with E-state index in [1.54, 1.807) is 12.1 Å². The summed E-state index contributed by atoms with van der Waals surface area (Å²) < 4.78 is 10.3. The molecule has 5 nitrogen and oxygen atoms in total. The molecule has 0 saturated heterocycles. The SMILES string of the molecule is O=C(O)Oc1cccc(-c2ccc(Oc3ccccc3)cc2)n1. The average Bonchev–Trinajstić information content (AvgIpc) is 2.56. The molecular weight excluding hydrogens is 294 g/mol. The Balaban J connectivity index is 1.78. The number of para-hydroxylation sites is 1. The molecule has 0 saturated carbocycles. The van der Waals surface area contributed by atoms with Crippen LogP contribution in [0.3, 0.4) is 0 Å². The number of hydrogen-bond donors (Lipinski definition) is 1. The summed E-state index contributed by atoms with van der Waals surface area (Å²) in [6.45, 7) is 0. The van der Waals surface area contributed by atoms with Crippen LogP contribution in [-0.4, -0.2) is 16.2 Å². The Labute approximate surface area is 132 Å². The van der Waals surface area contributed by atoms with E-state index in [0.29, 0.717) is 11.4 Å². The molecule has 0 unspecified atom stereocenters. The highest BCUT2D eigenvalue weighted by Crippen LogP contribution is 2.25. The van der Waals surface area contributed by atoms with Gasteiger partial charge in [-0.1, -0.05) is 24.3 Å². The third-order valence-electron chi connectivity index (χ3n) is 3.04. The van der Waals surface area contributed by atoms with Gasteiger partial charge in [-0.3, -0.25) is 0 Å². The van der Waals surface area contributed by atoms with Gasteiger partial charge in [0.1, 0.15) is 11.5 Å². The molecule has 1 N–H and O–H groups in total. The lowest BCUT2D eigenvalue weighted by atomic mass is 10.1. The molecule has 0 bridgehead atoms. The Morgan fingerprint density at radius 3 is 2.22 bits per heavy atom. The van der Waals surface area contributed by atoms with Gasteiger partial charge in [0.05, 0.1) is 5.69 Å². The van der Waals surface area contributed by atoms with Gasteiger partial charge in [-0.15, -0.1) is 0 Å². The van der Waals surface area contributed by atoms with Crippen molar-refractivity contribution in [2.24, 2.45) is 0 Å². The topological polar surface area (TPSA) is 68.7 Å². The standard InChI is InChI=1S/C18H13NO4/c20-18(21)23-17-8-4-7-16(19-17)13-9-11-15(12-10-13)22-14-5-2-1-3-6-14/h1-12H,(H,20,21). The fourth-order valence-electron chi connectivity index (χ4n) is 2.04. The first-order chi connectivity index (χ1) is 11.2. The zero-order valence-corrected chi connectivity index (χ0v) is 12.0. The van der Waals surface area contributed by atoms with Crippen LogP contribution in [0.2, 0.25) is 0 Å². The number of benzene rings is 2. The fourth-order valence-corrected chi connectivity index (χ4v) is 2.04. The molecule has 3 aromatic rings. The van der Waals surface area contributed by atoms with E-state index in [1.165, 1.54) is 6.07 Å². The molecule has 0 spiro atoms. The first kappa shape index (κ1) is 14.6. The summed E-state index contributed by atoms with van der Waals surface area (Å²) >= 11 is 0. The molecule has 0 radical (unpaired) electrons. The number of rotatable bonds is 4. The molecule has 114 valence electrons. The van der Waals surface area contributed by atoms with Gasteiger partial charge in [-0.05, 0) is 42.5 Å². The van der Waals surface area contributed by atoms with Crippen molar-refractivity contribution < 1.29 is 19.4 Å². The lowest BCUT2D eigenvalue weighted by Crippen LogP contribution is -2.04. The van der Waals surface area contributed by atoms with E-state index in [9.17, 15) is 4.79 Å². The summed E-state index contributed by atoms with van der Waals surface area (Å²) in [5.41, 5.74) is 1.45. The van der Waals surface area contributed by atoms with Crippen molar-refractivity contribution in [1.29, 1.82) is 0 Å². The molecule has 1 aromatic heterocycles. The third kappa shape index (κ3) is 3.85. The predicted octanol–water partition coefficient (Wildman–Crippen LogP) is 4.60.